The van der Waals surface area contributed by atoms with E-state index in [0.717, 1.165) is 5.56 Å². The van der Waals surface area contributed by atoms with Gasteiger partial charge in [-0.2, -0.15) is 5.26 Å². The molecule has 0 bridgehead atoms. The van der Waals surface area contributed by atoms with Gasteiger partial charge in [0.05, 0.1) is 6.07 Å². The standard InChI is InChI=1S/C14H17N3O2/c1-14(2,3)10-6-4-5-7-11(10)17-13(19)12(18)16-9-8-15/h4-7H,9H2,1-3H3,(H,16,18)(H,17,19). The van der Waals surface area contributed by atoms with Gasteiger partial charge in [-0.05, 0) is 17.0 Å². The van der Waals surface area contributed by atoms with Crippen molar-refractivity contribution in [3.05, 3.63) is 29.8 Å². The van der Waals surface area contributed by atoms with Crippen molar-refractivity contribution >= 4 is 17.5 Å². The number of benzene rings is 1. The summed E-state index contributed by atoms with van der Waals surface area (Å²) in [5.41, 5.74) is 1.40. The van der Waals surface area contributed by atoms with Gasteiger partial charge < -0.3 is 10.6 Å². The van der Waals surface area contributed by atoms with Crippen LogP contribution in [0.25, 0.3) is 0 Å². The summed E-state index contributed by atoms with van der Waals surface area (Å²) >= 11 is 0. The number of anilines is 1. The molecule has 0 saturated heterocycles. The lowest BCUT2D eigenvalue weighted by Crippen LogP contribution is -2.36. The van der Waals surface area contributed by atoms with E-state index in [0.29, 0.717) is 5.69 Å². The number of nitrogens with one attached hydrogen (secondary N) is 2. The molecule has 1 rings (SSSR count). The number of hydrogen-bond donors (Lipinski definition) is 2. The summed E-state index contributed by atoms with van der Waals surface area (Å²) in [7, 11) is 0. The molecule has 0 radical (unpaired) electrons. The third-order valence-corrected chi connectivity index (χ3v) is 2.52. The molecule has 19 heavy (non-hydrogen) atoms. The Bertz CT molecular complexity index is 524. The Kier molecular flexibility index (Phi) is 4.65. The van der Waals surface area contributed by atoms with Crippen LogP contribution in [-0.4, -0.2) is 18.4 Å². The number of nitriles is 1. The molecule has 0 fully saturated rings. The van der Waals surface area contributed by atoms with Gasteiger partial charge in [0.1, 0.15) is 6.54 Å². The number of hydrogen-bond acceptors (Lipinski definition) is 3. The van der Waals surface area contributed by atoms with Gasteiger partial charge in [0.15, 0.2) is 0 Å². The van der Waals surface area contributed by atoms with Crippen molar-refractivity contribution in [2.24, 2.45) is 0 Å². The van der Waals surface area contributed by atoms with Crippen LogP contribution < -0.4 is 10.6 Å². The van der Waals surface area contributed by atoms with Crippen LogP contribution in [0.1, 0.15) is 26.3 Å². The maximum atomic E-state index is 11.7. The molecule has 0 aliphatic carbocycles. The zero-order valence-electron chi connectivity index (χ0n) is 11.3. The maximum absolute atomic E-state index is 11.7. The largest absolute Gasteiger partial charge is 0.335 e. The third kappa shape index (κ3) is 4.11. The van der Waals surface area contributed by atoms with E-state index in [2.05, 4.69) is 10.6 Å². The Morgan fingerprint density at radius 2 is 1.84 bits per heavy atom. The molecule has 0 saturated carbocycles. The van der Waals surface area contributed by atoms with Crippen LogP contribution in [0.5, 0.6) is 0 Å². The van der Waals surface area contributed by atoms with Gasteiger partial charge in [-0.25, -0.2) is 0 Å². The number of rotatable bonds is 2. The molecule has 0 unspecified atom stereocenters. The molecule has 0 spiro atoms. The second-order valence-electron chi connectivity index (χ2n) is 5.09. The SMILES string of the molecule is CC(C)(C)c1ccccc1NC(=O)C(=O)NCC#N. The topological polar surface area (TPSA) is 82.0 Å². The first-order chi connectivity index (χ1) is 8.86. The Morgan fingerprint density at radius 1 is 1.21 bits per heavy atom. The monoisotopic (exact) mass is 259 g/mol. The van der Waals surface area contributed by atoms with Crippen LogP contribution in [0, 0.1) is 11.3 Å². The number of carbonyl (C=O) groups excluding carboxylic acids is 2. The van der Waals surface area contributed by atoms with Crippen molar-refractivity contribution in [3.8, 4) is 6.07 Å². The fourth-order valence-corrected chi connectivity index (χ4v) is 1.63. The van der Waals surface area contributed by atoms with Crippen LogP contribution in [0.15, 0.2) is 24.3 Å². The summed E-state index contributed by atoms with van der Waals surface area (Å²) in [6.45, 7) is 5.88. The van der Waals surface area contributed by atoms with Crippen LogP contribution in [-0.2, 0) is 15.0 Å². The quantitative estimate of drug-likeness (QED) is 0.624. The molecule has 0 aromatic heterocycles. The molecular weight excluding hydrogens is 242 g/mol. The van der Waals surface area contributed by atoms with Crippen molar-refractivity contribution in [3.63, 3.8) is 0 Å². The predicted octanol–water partition coefficient (Wildman–Crippen LogP) is 1.56. The van der Waals surface area contributed by atoms with Gasteiger partial charge in [-0.15, -0.1) is 0 Å². The highest BCUT2D eigenvalue weighted by Crippen LogP contribution is 2.29. The number of carbonyl (C=O) groups is 2. The van der Waals surface area contributed by atoms with E-state index >= 15 is 0 Å². The normalized spacial score (nSPS) is 10.4. The van der Waals surface area contributed by atoms with Crippen LogP contribution >= 0.6 is 0 Å². The number of nitrogens with zero attached hydrogens (tertiary/aromatic N) is 1. The van der Waals surface area contributed by atoms with Crippen molar-refractivity contribution in [2.75, 3.05) is 11.9 Å². The summed E-state index contributed by atoms with van der Waals surface area (Å²) in [6.07, 6.45) is 0. The van der Waals surface area contributed by atoms with E-state index in [-0.39, 0.29) is 12.0 Å². The van der Waals surface area contributed by atoms with E-state index in [1.54, 1.807) is 18.2 Å². The van der Waals surface area contributed by atoms with Crippen molar-refractivity contribution in [1.29, 1.82) is 5.26 Å². The predicted molar refractivity (Wildman–Crippen MR) is 72.4 cm³/mol. The molecule has 0 atom stereocenters. The Balaban J connectivity index is 2.86. The van der Waals surface area contributed by atoms with Gasteiger partial charge in [0, 0.05) is 5.69 Å². The number of amides is 2. The molecule has 0 aliphatic rings. The summed E-state index contributed by atoms with van der Waals surface area (Å²) < 4.78 is 0. The summed E-state index contributed by atoms with van der Waals surface area (Å²) in [6, 6.07) is 9.06. The molecule has 5 heteroatoms. The first-order valence-electron chi connectivity index (χ1n) is 5.92. The Hall–Kier alpha value is -2.35. The van der Waals surface area contributed by atoms with E-state index in [9.17, 15) is 9.59 Å². The van der Waals surface area contributed by atoms with Gasteiger partial charge in [-0.3, -0.25) is 9.59 Å². The smallest absolute Gasteiger partial charge is 0.313 e. The molecule has 0 heterocycles. The molecule has 100 valence electrons. The lowest BCUT2D eigenvalue weighted by Gasteiger charge is -2.22. The fraction of sp³-hybridized carbons (Fsp3) is 0.357. The minimum Gasteiger partial charge on any atom is -0.335 e. The lowest BCUT2D eigenvalue weighted by molar-refractivity contribution is -0.136. The third-order valence-electron chi connectivity index (χ3n) is 2.52. The molecule has 0 aliphatic heterocycles. The summed E-state index contributed by atoms with van der Waals surface area (Å²) in [5.74, 6) is -1.59. The number of para-hydroxylation sites is 1. The van der Waals surface area contributed by atoms with E-state index < -0.39 is 11.8 Å². The van der Waals surface area contributed by atoms with Crippen molar-refractivity contribution in [2.45, 2.75) is 26.2 Å². The second kappa shape index (κ2) is 6.01. The van der Waals surface area contributed by atoms with E-state index in [1.165, 1.54) is 0 Å². The van der Waals surface area contributed by atoms with E-state index in [4.69, 9.17) is 5.26 Å². The first kappa shape index (κ1) is 14.7. The summed E-state index contributed by atoms with van der Waals surface area (Å²) in [4.78, 5) is 23.1. The molecule has 5 nitrogen and oxygen atoms in total. The average molecular weight is 259 g/mol. The Morgan fingerprint density at radius 3 is 2.42 bits per heavy atom. The van der Waals surface area contributed by atoms with Crippen molar-refractivity contribution in [1.82, 2.24) is 5.32 Å². The highest BCUT2D eigenvalue weighted by atomic mass is 16.2. The first-order valence-corrected chi connectivity index (χ1v) is 5.92. The zero-order chi connectivity index (χ0) is 14.5. The highest BCUT2D eigenvalue weighted by Gasteiger charge is 2.20. The molecule has 1 aromatic rings. The maximum Gasteiger partial charge on any atom is 0.313 e. The van der Waals surface area contributed by atoms with Crippen molar-refractivity contribution < 1.29 is 9.59 Å². The molecule has 1 aromatic carbocycles. The Labute approximate surface area is 112 Å². The van der Waals surface area contributed by atoms with Crippen LogP contribution in [0.2, 0.25) is 0 Å². The minimum absolute atomic E-state index is 0.146. The zero-order valence-corrected chi connectivity index (χ0v) is 11.3. The van der Waals surface area contributed by atoms with Crippen LogP contribution in [0.3, 0.4) is 0 Å². The highest BCUT2D eigenvalue weighted by molar-refractivity contribution is 6.39. The van der Waals surface area contributed by atoms with Gasteiger partial charge in [0.25, 0.3) is 0 Å². The average Bonchev–Trinajstić information content (AvgIpc) is 2.35. The molecule has 2 N–H and O–H groups in total. The van der Waals surface area contributed by atoms with Gasteiger partial charge in [0.2, 0.25) is 0 Å². The van der Waals surface area contributed by atoms with Gasteiger partial charge >= 0.3 is 11.8 Å². The van der Waals surface area contributed by atoms with Crippen LogP contribution in [0.4, 0.5) is 5.69 Å². The van der Waals surface area contributed by atoms with Gasteiger partial charge in [-0.1, -0.05) is 39.0 Å². The molecule has 2 amide bonds. The lowest BCUT2D eigenvalue weighted by atomic mass is 9.86. The minimum atomic E-state index is -0.815. The van der Waals surface area contributed by atoms with E-state index in [1.807, 2.05) is 32.9 Å². The fourth-order valence-electron chi connectivity index (χ4n) is 1.63. The molecular formula is C14H17N3O2. The second-order valence-corrected chi connectivity index (χ2v) is 5.09. The summed E-state index contributed by atoms with van der Waals surface area (Å²) in [5, 5.41) is 13.1.